The van der Waals surface area contributed by atoms with E-state index in [1.807, 2.05) is 12.3 Å². The van der Waals surface area contributed by atoms with Crippen LogP contribution < -0.4 is 5.32 Å². The zero-order valence-corrected chi connectivity index (χ0v) is 10.6. The average Bonchev–Trinajstić information content (AvgIpc) is 3.01. The van der Waals surface area contributed by atoms with Crippen molar-refractivity contribution in [3.63, 3.8) is 0 Å². The lowest BCUT2D eigenvalue weighted by Crippen LogP contribution is -2.39. The molecule has 1 aromatic rings. The van der Waals surface area contributed by atoms with Gasteiger partial charge in [-0.15, -0.1) is 0 Å². The Hall–Kier alpha value is -0.930. The number of fused-ring (bicyclic) bond motifs is 1. The number of ether oxygens (including phenoxy) is 1. The summed E-state index contributed by atoms with van der Waals surface area (Å²) in [5, 5.41) is 3.82. The van der Waals surface area contributed by atoms with Gasteiger partial charge in [0.1, 0.15) is 0 Å². The van der Waals surface area contributed by atoms with E-state index >= 15 is 0 Å². The Labute approximate surface area is 108 Å². The van der Waals surface area contributed by atoms with Gasteiger partial charge >= 0.3 is 0 Å². The molecule has 3 unspecified atom stereocenters. The van der Waals surface area contributed by atoms with Gasteiger partial charge in [-0.3, -0.25) is 4.98 Å². The summed E-state index contributed by atoms with van der Waals surface area (Å²) >= 11 is 0. The zero-order chi connectivity index (χ0) is 11.9. The third-order valence-corrected chi connectivity index (χ3v) is 4.60. The smallest absolute Gasteiger partial charge is 0.0757 e. The lowest BCUT2D eigenvalue weighted by Gasteiger charge is -2.23. The fraction of sp³-hybridized carbons (Fsp3) is 0.667. The van der Waals surface area contributed by atoms with Gasteiger partial charge in [-0.2, -0.15) is 0 Å². The van der Waals surface area contributed by atoms with Crippen LogP contribution in [-0.2, 0) is 11.2 Å². The molecule has 0 radical (unpaired) electrons. The fourth-order valence-electron chi connectivity index (χ4n) is 3.51. The highest BCUT2D eigenvalue weighted by molar-refractivity contribution is 5.28. The molecule has 3 atom stereocenters. The van der Waals surface area contributed by atoms with Gasteiger partial charge in [-0.1, -0.05) is 6.07 Å². The first-order valence-corrected chi connectivity index (χ1v) is 7.23. The predicted octanol–water partition coefficient (Wildman–Crippen LogP) is 2.23. The molecule has 18 heavy (non-hydrogen) atoms. The van der Waals surface area contributed by atoms with Crippen molar-refractivity contribution < 1.29 is 4.74 Å². The van der Waals surface area contributed by atoms with Gasteiger partial charge in [-0.25, -0.2) is 0 Å². The van der Waals surface area contributed by atoms with Crippen LogP contribution in [0.25, 0.3) is 0 Å². The Morgan fingerprint density at radius 3 is 3.06 bits per heavy atom. The third-order valence-electron chi connectivity index (χ3n) is 4.60. The lowest BCUT2D eigenvalue weighted by atomic mass is 10.0. The van der Waals surface area contributed by atoms with Crippen LogP contribution >= 0.6 is 0 Å². The van der Waals surface area contributed by atoms with Gasteiger partial charge in [-0.05, 0) is 49.7 Å². The van der Waals surface area contributed by atoms with Crippen LogP contribution in [0, 0.1) is 5.92 Å². The van der Waals surface area contributed by atoms with Gasteiger partial charge in [0.2, 0.25) is 0 Å². The molecule has 96 valence electrons. The zero-order valence-electron chi connectivity index (χ0n) is 10.6. The first-order chi connectivity index (χ1) is 8.92. The predicted molar refractivity (Wildman–Crippen MR) is 69.3 cm³/mol. The summed E-state index contributed by atoms with van der Waals surface area (Å²) in [4.78, 5) is 4.56. The number of nitrogens with zero attached hydrogens (tertiary/aromatic N) is 1. The molecule has 4 rings (SSSR count). The SMILES string of the molecule is c1cnc2c(c1)CCC2NC1CCOC1C1CC1. The van der Waals surface area contributed by atoms with Gasteiger partial charge in [0, 0.05) is 18.8 Å². The molecule has 0 spiro atoms. The van der Waals surface area contributed by atoms with Crippen LogP contribution in [0.1, 0.15) is 43.0 Å². The maximum absolute atomic E-state index is 5.90. The minimum absolute atomic E-state index is 0.453. The molecule has 1 N–H and O–H groups in total. The molecule has 1 aliphatic heterocycles. The largest absolute Gasteiger partial charge is 0.376 e. The second kappa shape index (κ2) is 4.32. The van der Waals surface area contributed by atoms with Crippen LogP contribution in [0.3, 0.4) is 0 Å². The maximum atomic E-state index is 5.90. The summed E-state index contributed by atoms with van der Waals surface area (Å²) in [5.74, 6) is 0.828. The van der Waals surface area contributed by atoms with Gasteiger partial charge in [0.05, 0.1) is 17.8 Å². The summed E-state index contributed by atoms with van der Waals surface area (Å²) in [5.41, 5.74) is 2.70. The Morgan fingerprint density at radius 2 is 2.17 bits per heavy atom. The lowest BCUT2D eigenvalue weighted by molar-refractivity contribution is 0.0787. The second-order valence-electron chi connectivity index (χ2n) is 5.87. The van der Waals surface area contributed by atoms with E-state index in [2.05, 4.69) is 16.4 Å². The molecular weight excluding hydrogens is 224 g/mol. The van der Waals surface area contributed by atoms with Crippen molar-refractivity contribution in [2.24, 2.45) is 5.92 Å². The Morgan fingerprint density at radius 1 is 1.22 bits per heavy atom. The van der Waals surface area contributed by atoms with Crippen LogP contribution in [0.15, 0.2) is 18.3 Å². The summed E-state index contributed by atoms with van der Waals surface area (Å²) in [6.45, 7) is 0.931. The number of aryl methyl sites for hydroxylation is 1. The molecule has 2 heterocycles. The van der Waals surface area contributed by atoms with Crippen molar-refractivity contribution in [2.75, 3.05) is 6.61 Å². The van der Waals surface area contributed by atoms with Crippen molar-refractivity contribution in [1.82, 2.24) is 10.3 Å². The fourth-order valence-corrected chi connectivity index (χ4v) is 3.51. The average molecular weight is 244 g/mol. The monoisotopic (exact) mass is 244 g/mol. The number of aromatic nitrogens is 1. The van der Waals surface area contributed by atoms with E-state index in [1.165, 1.54) is 43.4 Å². The molecule has 1 saturated carbocycles. The second-order valence-corrected chi connectivity index (χ2v) is 5.87. The summed E-state index contributed by atoms with van der Waals surface area (Å²) < 4.78 is 5.90. The Kier molecular flexibility index (Phi) is 2.63. The van der Waals surface area contributed by atoms with Crippen molar-refractivity contribution in [3.05, 3.63) is 29.6 Å². The van der Waals surface area contributed by atoms with E-state index in [9.17, 15) is 0 Å². The number of rotatable bonds is 3. The van der Waals surface area contributed by atoms with Gasteiger partial charge < -0.3 is 10.1 Å². The quantitative estimate of drug-likeness (QED) is 0.885. The number of pyridine rings is 1. The number of hydrogen-bond acceptors (Lipinski definition) is 3. The van der Waals surface area contributed by atoms with Crippen molar-refractivity contribution >= 4 is 0 Å². The van der Waals surface area contributed by atoms with E-state index in [0.717, 1.165) is 12.5 Å². The van der Waals surface area contributed by atoms with Gasteiger partial charge in [0.15, 0.2) is 0 Å². The summed E-state index contributed by atoms with van der Waals surface area (Å²) in [7, 11) is 0. The molecule has 3 nitrogen and oxygen atoms in total. The van der Waals surface area contributed by atoms with Crippen LogP contribution in [0.5, 0.6) is 0 Å². The molecule has 2 aliphatic carbocycles. The van der Waals surface area contributed by atoms with Gasteiger partial charge in [0.25, 0.3) is 0 Å². The summed E-state index contributed by atoms with van der Waals surface area (Å²) in [6.07, 6.45) is 8.65. The van der Waals surface area contributed by atoms with Crippen LogP contribution in [0.4, 0.5) is 0 Å². The van der Waals surface area contributed by atoms with Crippen molar-refractivity contribution in [2.45, 2.75) is 50.3 Å². The third kappa shape index (κ3) is 1.86. The Bertz CT molecular complexity index is 444. The number of nitrogens with one attached hydrogen (secondary N) is 1. The highest BCUT2D eigenvalue weighted by Crippen LogP contribution is 2.40. The van der Waals surface area contributed by atoms with Crippen LogP contribution in [-0.4, -0.2) is 23.7 Å². The molecule has 3 aliphatic rings. The van der Waals surface area contributed by atoms with E-state index in [1.54, 1.807) is 0 Å². The molecule has 3 heteroatoms. The topological polar surface area (TPSA) is 34.2 Å². The first-order valence-electron chi connectivity index (χ1n) is 7.23. The van der Waals surface area contributed by atoms with Crippen LogP contribution in [0.2, 0.25) is 0 Å². The highest BCUT2D eigenvalue weighted by Gasteiger charge is 2.41. The van der Waals surface area contributed by atoms with E-state index in [0.29, 0.717) is 18.2 Å². The molecule has 2 fully saturated rings. The minimum atomic E-state index is 0.453. The van der Waals surface area contributed by atoms with E-state index in [4.69, 9.17) is 4.74 Å². The first kappa shape index (κ1) is 10.9. The molecular formula is C15H20N2O. The summed E-state index contributed by atoms with van der Waals surface area (Å²) in [6, 6.07) is 5.27. The molecule has 1 saturated heterocycles. The van der Waals surface area contributed by atoms with Crippen molar-refractivity contribution in [3.8, 4) is 0 Å². The highest BCUT2D eigenvalue weighted by atomic mass is 16.5. The molecule has 0 bridgehead atoms. The Balaban J connectivity index is 1.49. The van der Waals surface area contributed by atoms with E-state index in [-0.39, 0.29) is 0 Å². The minimum Gasteiger partial charge on any atom is -0.376 e. The normalized spacial score (nSPS) is 34.8. The standard InChI is InChI=1S/C15H20N2O/c1-2-10-5-6-12(14(10)16-8-1)17-13-7-9-18-15(13)11-3-4-11/h1-2,8,11-13,15,17H,3-7,9H2. The molecule has 0 aromatic carbocycles. The van der Waals surface area contributed by atoms with E-state index < -0.39 is 0 Å². The number of hydrogen-bond donors (Lipinski definition) is 1. The van der Waals surface area contributed by atoms with Crippen molar-refractivity contribution in [1.29, 1.82) is 0 Å². The maximum Gasteiger partial charge on any atom is 0.0757 e. The molecule has 0 amide bonds. The molecule has 1 aromatic heterocycles.